The van der Waals surface area contributed by atoms with Gasteiger partial charge in [0.2, 0.25) is 0 Å². The summed E-state index contributed by atoms with van der Waals surface area (Å²) < 4.78 is 6.24. The molecule has 0 fully saturated rings. The standard InChI is InChI=1S/C24H24O/c1-24(2,3)16-18-12-13-22-21(15-18)20-11-7-10-19(23(20)25-22)14-17-8-5-4-6-9-17/h4-13,15H,14,16H2,1-3H3. The third-order valence-corrected chi connectivity index (χ3v) is 4.61. The van der Waals surface area contributed by atoms with Crippen LogP contribution in [0.25, 0.3) is 21.9 Å². The highest BCUT2D eigenvalue weighted by Crippen LogP contribution is 2.33. The minimum atomic E-state index is 0.283. The van der Waals surface area contributed by atoms with Crippen molar-refractivity contribution in [3.05, 3.63) is 83.4 Å². The molecule has 0 spiro atoms. The van der Waals surface area contributed by atoms with Gasteiger partial charge in [-0.25, -0.2) is 0 Å². The van der Waals surface area contributed by atoms with Crippen molar-refractivity contribution in [1.29, 1.82) is 0 Å². The Morgan fingerprint density at radius 3 is 2.32 bits per heavy atom. The van der Waals surface area contributed by atoms with Gasteiger partial charge in [-0.1, -0.05) is 75.4 Å². The number of fused-ring (bicyclic) bond motifs is 3. The Balaban J connectivity index is 1.81. The number of benzene rings is 3. The minimum absolute atomic E-state index is 0.283. The molecule has 0 unspecified atom stereocenters. The van der Waals surface area contributed by atoms with Crippen LogP contribution in [0.1, 0.15) is 37.5 Å². The fraction of sp³-hybridized carbons (Fsp3) is 0.250. The summed E-state index contributed by atoms with van der Waals surface area (Å²) in [7, 11) is 0. The number of furan rings is 1. The second kappa shape index (κ2) is 6.07. The Morgan fingerprint density at radius 2 is 1.56 bits per heavy atom. The molecule has 0 saturated carbocycles. The van der Waals surface area contributed by atoms with E-state index in [1.165, 1.54) is 27.5 Å². The Bertz CT molecular complexity index is 1020. The summed E-state index contributed by atoms with van der Waals surface area (Å²) in [4.78, 5) is 0. The van der Waals surface area contributed by atoms with Gasteiger partial charge in [0.15, 0.2) is 0 Å². The van der Waals surface area contributed by atoms with Crippen molar-refractivity contribution in [2.75, 3.05) is 0 Å². The molecule has 0 aliphatic heterocycles. The molecule has 0 atom stereocenters. The Kier molecular flexibility index (Phi) is 3.88. The second-order valence-corrected chi connectivity index (χ2v) is 8.13. The van der Waals surface area contributed by atoms with E-state index in [9.17, 15) is 0 Å². The van der Waals surface area contributed by atoms with Crippen molar-refractivity contribution in [1.82, 2.24) is 0 Å². The van der Waals surface area contributed by atoms with E-state index in [4.69, 9.17) is 4.42 Å². The number of para-hydroxylation sites is 1. The van der Waals surface area contributed by atoms with E-state index < -0.39 is 0 Å². The number of hydrogen-bond acceptors (Lipinski definition) is 1. The van der Waals surface area contributed by atoms with E-state index >= 15 is 0 Å². The molecule has 1 heteroatoms. The third kappa shape index (κ3) is 3.32. The summed E-state index contributed by atoms with van der Waals surface area (Å²) in [6.45, 7) is 6.84. The molecular weight excluding hydrogens is 304 g/mol. The van der Waals surface area contributed by atoms with Gasteiger partial charge < -0.3 is 4.42 Å². The number of hydrogen-bond donors (Lipinski definition) is 0. The van der Waals surface area contributed by atoms with Crippen molar-refractivity contribution in [3.63, 3.8) is 0 Å². The maximum absolute atomic E-state index is 6.24. The first-order valence-electron chi connectivity index (χ1n) is 8.97. The van der Waals surface area contributed by atoms with Crippen molar-refractivity contribution in [3.8, 4) is 0 Å². The minimum Gasteiger partial charge on any atom is -0.456 e. The van der Waals surface area contributed by atoms with Crippen LogP contribution >= 0.6 is 0 Å². The summed E-state index contributed by atoms with van der Waals surface area (Å²) in [5, 5.41) is 2.45. The molecule has 4 rings (SSSR count). The highest BCUT2D eigenvalue weighted by atomic mass is 16.3. The normalized spacial score (nSPS) is 12.1. The lowest BCUT2D eigenvalue weighted by atomic mass is 9.88. The van der Waals surface area contributed by atoms with Crippen LogP contribution in [0.2, 0.25) is 0 Å². The summed E-state index contributed by atoms with van der Waals surface area (Å²) in [5.41, 5.74) is 6.21. The average Bonchev–Trinajstić information content (AvgIpc) is 2.94. The van der Waals surface area contributed by atoms with Crippen LogP contribution in [0.4, 0.5) is 0 Å². The van der Waals surface area contributed by atoms with Crippen LogP contribution in [0, 0.1) is 5.41 Å². The van der Waals surface area contributed by atoms with Gasteiger partial charge in [0, 0.05) is 17.2 Å². The van der Waals surface area contributed by atoms with Gasteiger partial charge in [-0.15, -0.1) is 0 Å². The van der Waals surface area contributed by atoms with E-state index in [2.05, 4.69) is 87.5 Å². The number of rotatable bonds is 3. The molecule has 0 radical (unpaired) electrons. The first-order valence-corrected chi connectivity index (χ1v) is 8.97. The van der Waals surface area contributed by atoms with Crippen molar-refractivity contribution in [2.24, 2.45) is 5.41 Å². The highest BCUT2D eigenvalue weighted by Gasteiger charge is 2.15. The Hall–Kier alpha value is -2.54. The van der Waals surface area contributed by atoms with Gasteiger partial charge in [-0.2, -0.15) is 0 Å². The lowest BCUT2D eigenvalue weighted by Gasteiger charge is -2.17. The molecule has 1 nitrogen and oxygen atoms in total. The quantitative estimate of drug-likeness (QED) is 0.404. The molecule has 1 aromatic heterocycles. The van der Waals surface area contributed by atoms with Gasteiger partial charge >= 0.3 is 0 Å². The third-order valence-electron chi connectivity index (χ3n) is 4.61. The fourth-order valence-electron chi connectivity index (χ4n) is 3.58. The Morgan fingerprint density at radius 1 is 0.760 bits per heavy atom. The van der Waals surface area contributed by atoms with Crippen LogP contribution in [-0.2, 0) is 12.8 Å². The molecule has 25 heavy (non-hydrogen) atoms. The molecule has 0 aliphatic rings. The second-order valence-electron chi connectivity index (χ2n) is 8.13. The zero-order valence-electron chi connectivity index (χ0n) is 15.2. The predicted octanol–water partition coefficient (Wildman–Crippen LogP) is 6.77. The average molecular weight is 328 g/mol. The van der Waals surface area contributed by atoms with E-state index in [-0.39, 0.29) is 5.41 Å². The zero-order chi connectivity index (χ0) is 17.4. The molecule has 0 aliphatic carbocycles. The molecule has 0 saturated heterocycles. The van der Waals surface area contributed by atoms with Crippen LogP contribution in [0.15, 0.2) is 71.1 Å². The highest BCUT2D eigenvalue weighted by molar-refractivity contribution is 6.06. The van der Waals surface area contributed by atoms with Gasteiger partial charge in [-0.05, 0) is 40.7 Å². The molecular formula is C24H24O. The summed E-state index contributed by atoms with van der Waals surface area (Å²) in [6, 6.07) is 23.7. The van der Waals surface area contributed by atoms with Crippen molar-refractivity contribution < 1.29 is 4.42 Å². The van der Waals surface area contributed by atoms with E-state index in [1.54, 1.807) is 0 Å². The zero-order valence-corrected chi connectivity index (χ0v) is 15.2. The van der Waals surface area contributed by atoms with Crippen LogP contribution in [-0.4, -0.2) is 0 Å². The van der Waals surface area contributed by atoms with Crippen molar-refractivity contribution in [2.45, 2.75) is 33.6 Å². The molecule has 3 aromatic carbocycles. The topological polar surface area (TPSA) is 13.1 Å². The maximum Gasteiger partial charge on any atom is 0.138 e. The van der Waals surface area contributed by atoms with Gasteiger partial charge in [-0.3, -0.25) is 0 Å². The van der Waals surface area contributed by atoms with E-state index in [0.29, 0.717) is 0 Å². The summed E-state index contributed by atoms with van der Waals surface area (Å²) in [6.07, 6.45) is 1.96. The molecule has 0 bridgehead atoms. The Labute approximate surface area is 149 Å². The maximum atomic E-state index is 6.24. The fourth-order valence-corrected chi connectivity index (χ4v) is 3.58. The molecule has 0 amide bonds. The van der Waals surface area contributed by atoms with Crippen LogP contribution in [0.5, 0.6) is 0 Å². The largest absolute Gasteiger partial charge is 0.456 e. The summed E-state index contributed by atoms with van der Waals surface area (Å²) in [5.74, 6) is 0. The molecule has 0 N–H and O–H groups in total. The molecule has 126 valence electrons. The van der Waals surface area contributed by atoms with Crippen LogP contribution < -0.4 is 0 Å². The monoisotopic (exact) mass is 328 g/mol. The lowest BCUT2D eigenvalue weighted by molar-refractivity contribution is 0.411. The van der Waals surface area contributed by atoms with E-state index in [0.717, 1.165) is 24.0 Å². The predicted molar refractivity (Wildman–Crippen MR) is 106 cm³/mol. The summed E-state index contributed by atoms with van der Waals surface area (Å²) >= 11 is 0. The van der Waals surface area contributed by atoms with Crippen LogP contribution in [0.3, 0.4) is 0 Å². The van der Waals surface area contributed by atoms with Gasteiger partial charge in [0.25, 0.3) is 0 Å². The van der Waals surface area contributed by atoms with Gasteiger partial charge in [0.1, 0.15) is 11.2 Å². The van der Waals surface area contributed by atoms with Crippen molar-refractivity contribution >= 4 is 21.9 Å². The molecule has 1 heterocycles. The van der Waals surface area contributed by atoms with Gasteiger partial charge in [0.05, 0.1) is 0 Å². The van der Waals surface area contributed by atoms with E-state index in [1.807, 2.05) is 0 Å². The first kappa shape index (κ1) is 16.0. The first-order chi connectivity index (χ1) is 12.0. The molecule has 4 aromatic rings. The lowest BCUT2D eigenvalue weighted by Crippen LogP contribution is -2.08. The SMILES string of the molecule is CC(C)(C)Cc1ccc2oc3c(Cc4ccccc4)cccc3c2c1. The smallest absolute Gasteiger partial charge is 0.138 e.